The third-order valence-corrected chi connectivity index (χ3v) is 5.86. The second-order valence-electron chi connectivity index (χ2n) is 4.91. The quantitative estimate of drug-likeness (QED) is 0.636. The smallest absolute Gasteiger partial charge is 0.128 e. The van der Waals surface area contributed by atoms with Gasteiger partial charge in [0.25, 0.3) is 0 Å². The molecule has 98 valence electrons. The highest BCUT2D eigenvalue weighted by molar-refractivity contribution is 7.99. The van der Waals surface area contributed by atoms with E-state index >= 15 is 0 Å². The Morgan fingerprint density at radius 1 is 1.42 bits per heavy atom. The van der Waals surface area contributed by atoms with E-state index in [0.717, 1.165) is 22.0 Å². The van der Waals surface area contributed by atoms with Gasteiger partial charge in [0.05, 0.1) is 12.0 Å². The van der Waals surface area contributed by atoms with E-state index in [1.54, 1.807) is 18.1 Å². The summed E-state index contributed by atoms with van der Waals surface area (Å²) in [4.78, 5) is 11.5. The number of thioether (sulfide) groups is 1. The van der Waals surface area contributed by atoms with Crippen LogP contribution in [0.4, 0.5) is 0 Å². The Morgan fingerprint density at radius 2 is 2.26 bits per heavy atom. The lowest BCUT2D eigenvalue weighted by Crippen LogP contribution is -2.00. The van der Waals surface area contributed by atoms with Gasteiger partial charge in [-0.1, -0.05) is 0 Å². The summed E-state index contributed by atoms with van der Waals surface area (Å²) in [6.07, 6.45) is 6.57. The molecule has 0 aliphatic heterocycles. The topological polar surface area (TPSA) is 49.6 Å². The van der Waals surface area contributed by atoms with Crippen molar-refractivity contribution in [3.8, 4) is 6.07 Å². The molecule has 3 nitrogen and oxygen atoms in total. The van der Waals surface area contributed by atoms with E-state index in [2.05, 4.69) is 16.0 Å². The fourth-order valence-corrected chi connectivity index (χ4v) is 4.67. The van der Waals surface area contributed by atoms with Crippen LogP contribution in [0, 0.1) is 17.2 Å². The molecule has 2 aromatic rings. The van der Waals surface area contributed by atoms with Crippen molar-refractivity contribution in [1.29, 1.82) is 5.26 Å². The zero-order valence-electron chi connectivity index (χ0n) is 10.8. The summed E-state index contributed by atoms with van der Waals surface area (Å²) < 4.78 is 0. The molecule has 5 heteroatoms. The van der Waals surface area contributed by atoms with Gasteiger partial charge in [0.2, 0.25) is 0 Å². The van der Waals surface area contributed by atoms with Crippen molar-refractivity contribution >= 4 is 33.3 Å². The molecule has 0 unspecified atom stereocenters. The number of aromatic nitrogens is 2. The van der Waals surface area contributed by atoms with Crippen molar-refractivity contribution in [1.82, 2.24) is 9.97 Å². The van der Waals surface area contributed by atoms with E-state index < -0.39 is 0 Å². The molecule has 0 aromatic carbocycles. The second kappa shape index (κ2) is 5.48. The molecule has 2 aromatic heterocycles. The van der Waals surface area contributed by atoms with Gasteiger partial charge in [-0.25, -0.2) is 9.97 Å². The van der Waals surface area contributed by atoms with Crippen molar-refractivity contribution in [3.05, 3.63) is 16.8 Å². The first kappa shape index (κ1) is 12.9. The van der Waals surface area contributed by atoms with E-state index in [4.69, 9.17) is 5.26 Å². The van der Waals surface area contributed by atoms with Crippen molar-refractivity contribution in [2.75, 3.05) is 5.75 Å². The van der Waals surface area contributed by atoms with Crippen LogP contribution in [0.3, 0.4) is 0 Å². The monoisotopic (exact) mass is 289 g/mol. The third-order valence-electron chi connectivity index (χ3n) is 3.41. The first-order valence-electron chi connectivity index (χ1n) is 6.57. The normalized spacial score (nSPS) is 16.0. The van der Waals surface area contributed by atoms with Gasteiger partial charge in [-0.15, -0.1) is 23.1 Å². The molecular weight excluding hydrogens is 274 g/mol. The van der Waals surface area contributed by atoms with Crippen LogP contribution in [0.15, 0.2) is 11.4 Å². The van der Waals surface area contributed by atoms with Crippen molar-refractivity contribution in [2.24, 2.45) is 5.92 Å². The number of thiophene rings is 1. The lowest BCUT2D eigenvalue weighted by molar-refractivity contribution is 0.699. The molecule has 2 heterocycles. The van der Waals surface area contributed by atoms with E-state index in [0.29, 0.717) is 0 Å². The summed E-state index contributed by atoms with van der Waals surface area (Å²) in [6, 6.07) is 2.28. The maximum absolute atomic E-state index is 8.88. The Kier molecular flexibility index (Phi) is 3.72. The van der Waals surface area contributed by atoms with Crippen LogP contribution in [0.25, 0.3) is 10.2 Å². The Labute approximate surface area is 121 Å². The zero-order valence-corrected chi connectivity index (χ0v) is 12.5. The largest absolute Gasteiger partial charge is 0.229 e. The average Bonchev–Trinajstić information content (AvgIpc) is 2.83. The second-order valence-corrected chi connectivity index (χ2v) is 7.00. The molecule has 1 atom stereocenters. The van der Waals surface area contributed by atoms with Gasteiger partial charge in [-0.3, -0.25) is 0 Å². The average molecular weight is 289 g/mol. The lowest BCUT2D eigenvalue weighted by Gasteiger charge is -2.11. The number of rotatable bonds is 3. The molecule has 3 rings (SSSR count). The zero-order chi connectivity index (χ0) is 13.2. The van der Waals surface area contributed by atoms with E-state index in [9.17, 15) is 0 Å². The number of hydrogen-bond acceptors (Lipinski definition) is 5. The summed E-state index contributed by atoms with van der Waals surface area (Å²) in [5, 5.41) is 11.2. The molecule has 0 bridgehead atoms. The molecule has 0 radical (unpaired) electrons. The molecule has 0 fully saturated rings. The van der Waals surface area contributed by atoms with E-state index in [1.807, 2.05) is 18.3 Å². The standard InChI is InChI=1S/C14H15N3S2/c1-9(6-15)7-18-13-12-10-4-2-3-5-11(10)19-14(12)17-8-16-13/h8-9H,2-5,7H2,1H3/t9-/m1/s1. The van der Waals surface area contributed by atoms with Crippen LogP contribution in [0.1, 0.15) is 30.2 Å². The highest BCUT2D eigenvalue weighted by Crippen LogP contribution is 2.39. The highest BCUT2D eigenvalue weighted by atomic mass is 32.2. The molecule has 0 saturated heterocycles. The van der Waals surface area contributed by atoms with Crippen molar-refractivity contribution < 1.29 is 0 Å². The van der Waals surface area contributed by atoms with Gasteiger partial charge < -0.3 is 0 Å². The molecule has 0 spiro atoms. The molecule has 0 saturated carbocycles. The third kappa shape index (κ3) is 2.47. The van der Waals surface area contributed by atoms with Crippen LogP contribution < -0.4 is 0 Å². The van der Waals surface area contributed by atoms with Crippen molar-refractivity contribution in [2.45, 2.75) is 37.6 Å². The minimum atomic E-state index is 0.0597. The number of aryl methyl sites for hydroxylation is 2. The van der Waals surface area contributed by atoms with E-state index in [-0.39, 0.29) is 5.92 Å². The van der Waals surface area contributed by atoms with Crippen LogP contribution in [-0.4, -0.2) is 15.7 Å². The fourth-order valence-electron chi connectivity index (χ4n) is 2.41. The minimum Gasteiger partial charge on any atom is -0.229 e. The minimum absolute atomic E-state index is 0.0597. The summed E-state index contributed by atoms with van der Waals surface area (Å²) in [5.74, 6) is 0.859. The number of nitrogens with zero attached hydrogens (tertiary/aromatic N) is 3. The first-order chi connectivity index (χ1) is 9.29. The SMILES string of the molecule is C[C@H](C#N)CSc1ncnc2sc3c(c12)CCCC3. The molecule has 19 heavy (non-hydrogen) atoms. The maximum atomic E-state index is 8.88. The maximum Gasteiger partial charge on any atom is 0.128 e. The number of hydrogen-bond donors (Lipinski definition) is 0. The fraction of sp³-hybridized carbons (Fsp3) is 0.500. The van der Waals surface area contributed by atoms with Gasteiger partial charge in [0.15, 0.2) is 0 Å². The van der Waals surface area contributed by atoms with Gasteiger partial charge in [0, 0.05) is 16.0 Å². The van der Waals surface area contributed by atoms with Crippen LogP contribution in [0.5, 0.6) is 0 Å². The van der Waals surface area contributed by atoms with Crippen molar-refractivity contribution in [3.63, 3.8) is 0 Å². The molecule has 0 N–H and O–H groups in total. The van der Waals surface area contributed by atoms with Gasteiger partial charge in [-0.05, 0) is 38.2 Å². The summed E-state index contributed by atoms with van der Waals surface area (Å²) in [5.41, 5.74) is 1.47. The summed E-state index contributed by atoms with van der Waals surface area (Å²) in [6.45, 7) is 1.95. The van der Waals surface area contributed by atoms with Crippen LogP contribution in [0.2, 0.25) is 0 Å². The van der Waals surface area contributed by atoms with Gasteiger partial charge in [-0.2, -0.15) is 5.26 Å². The Bertz CT molecular complexity index is 642. The van der Waals surface area contributed by atoms with Gasteiger partial charge in [0.1, 0.15) is 16.2 Å². The van der Waals surface area contributed by atoms with Crippen LogP contribution >= 0.6 is 23.1 Å². The molecular formula is C14H15N3S2. The summed E-state index contributed by atoms with van der Waals surface area (Å²) in [7, 11) is 0. The number of nitriles is 1. The lowest BCUT2D eigenvalue weighted by atomic mass is 9.97. The summed E-state index contributed by atoms with van der Waals surface area (Å²) >= 11 is 3.52. The first-order valence-corrected chi connectivity index (χ1v) is 8.37. The Hall–Kier alpha value is -1.12. The van der Waals surface area contributed by atoms with Gasteiger partial charge >= 0.3 is 0 Å². The molecule has 1 aliphatic rings. The highest BCUT2D eigenvalue weighted by Gasteiger charge is 2.20. The molecule has 0 amide bonds. The number of fused-ring (bicyclic) bond motifs is 3. The van der Waals surface area contributed by atoms with E-state index in [1.165, 1.54) is 35.1 Å². The Balaban J connectivity index is 2.00. The van der Waals surface area contributed by atoms with Crippen LogP contribution in [-0.2, 0) is 12.8 Å². The predicted octanol–water partition coefficient (Wildman–Crippen LogP) is 3.82. The predicted molar refractivity (Wildman–Crippen MR) is 79.6 cm³/mol. The Morgan fingerprint density at radius 3 is 3.11 bits per heavy atom. The molecule has 1 aliphatic carbocycles.